The molecule has 3 rings (SSSR count). The number of ether oxygens (including phenoxy) is 1. The van der Waals surface area contributed by atoms with E-state index < -0.39 is 0 Å². The number of ketones is 2. The number of carbonyl (C=O) groups is 2. The number of Topliss-reactive ketones (excluding diaryl/α,β-unsaturated/α-hetero) is 2. The molecule has 3 nitrogen and oxygen atoms in total. The summed E-state index contributed by atoms with van der Waals surface area (Å²) in [5.74, 6) is 2.08. The van der Waals surface area contributed by atoms with Crippen molar-refractivity contribution in [1.82, 2.24) is 0 Å². The summed E-state index contributed by atoms with van der Waals surface area (Å²) in [5, 5.41) is 0. The first kappa shape index (κ1) is 19.4. The van der Waals surface area contributed by atoms with Crippen molar-refractivity contribution in [1.29, 1.82) is 0 Å². The van der Waals surface area contributed by atoms with Crippen LogP contribution in [0.1, 0.15) is 92.4 Å². The van der Waals surface area contributed by atoms with Crippen molar-refractivity contribution in [2.75, 3.05) is 0 Å². The van der Waals surface area contributed by atoms with Crippen LogP contribution in [0.25, 0.3) is 0 Å². The van der Waals surface area contributed by atoms with Gasteiger partial charge in [-0.15, -0.1) is 0 Å². The molecule has 0 aromatic heterocycles. The lowest BCUT2D eigenvalue weighted by atomic mass is 9.66. The van der Waals surface area contributed by atoms with Gasteiger partial charge in [0, 0.05) is 42.7 Å². The summed E-state index contributed by atoms with van der Waals surface area (Å²) in [6.07, 6.45) is 8.25. The zero-order chi connectivity index (χ0) is 19.1. The van der Waals surface area contributed by atoms with Gasteiger partial charge in [0.25, 0.3) is 0 Å². The van der Waals surface area contributed by atoms with E-state index in [4.69, 9.17) is 4.74 Å². The Balaban J connectivity index is 1.96. The maximum absolute atomic E-state index is 13.0. The number of unbranched alkanes of at least 4 members (excludes halogenated alkanes) is 3. The van der Waals surface area contributed by atoms with Crippen molar-refractivity contribution in [3.63, 3.8) is 0 Å². The minimum Gasteiger partial charge on any atom is -0.465 e. The summed E-state index contributed by atoms with van der Waals surface area (Å²) < 4.78 is 6.28. The second-order valence-electron chi connectivity index (χ2n) is 10.1. The van der Waals surface area contributed by atoms with Crippen LogP contribution in [0, 0.1) is 16.7 Å². The fourth-order valence-corrected chi connectivity index (χ4v) is 4.87. The summed E-state index contributed by atoms with van der Waals surface area (Å²) in [7, 11) is 0. The van der Waals surface area contributed by atoms with Gasteiger partial charge in [-0.3, -0.25) is 9.59 Å². The number of hydrogen-bond acceptors (Lipinski definition) is 3. The second-order valence-corrected chi connectivity index (χ2v) is 10.1. The standard InChI is InChI=1S/C23H34O3/c1-6-7-8-9-10-15-20-16(24)11-22(2,3)13-18(20)26-19-14-23(4,5)12-17(25)21(15)19/h15H,6-14H2,1-5H3. The highest BCUT2D eigenvalue weighted by atomic mass is 16.5. The molecule has 0 saturated heterocycles. The van der Waals surface area contributed by atoms with E-state index in [1.165, 1.54) is 19.3 Å². The fourth-order valence-electron chi connectivity index (χ4n) is 4.87. The zero-order valence-electron chi connectivity index (χ0n) is 17.2. The lowest BCUT2D eigenvalue weighted by Gasteiger charge is -2.42. The van der Waals surface area contributed by atoms with Crippen molar-refractivity contribution in [3.8, 4) is 0 Å². The normalized spacial score (nSPS) is 25.1. The molecule has 1 heterocycles. The molecular formula is C23H34O3. The van der Waals surface area contributed by atoms with Crippen molar-refractivity contribution in [3.05, 3.63) is 22.7 Å². The monoisotopic (exact) mass is 358 g/mol. The van der Waals surface area contributed by atoms with E-state index in [9.17, 15) is 9.59 Å². The topological polar surface area (TPSA) is 43.4 Å². The van der Waals surface area contributed by atoms with Crippen LogP contribution in [0.4, 0.5) is 0 Å². The van der Waals surface area contributed by atoms with Gasteiger partial charge in [-0.1, -0.05) is 60.3 Å². The molecule has 0 unspecified atom stereocenters. The van der Waals surface area contributed by atoms with E-state index in [0.717, 1.165) is 48.3 Å². The summed E-state index contributed by atoms with van der Waals surface area (Å²) in [6, 6.07) is 0. The molecule has 0 amide bonds. The molecule has 3 heteroatoms. The molecule has 0 bridgehead atoms. The average Bonchev–Trinajstić information content (AvgIpc) is 2.47. The number of hydrogen-bond donors (Lipinski definition) is 0. The third kappa shape index (κ3) is 3.82. The number of allylic oxidation sites excluding steroid dienone is 4. The van der Waals surface area contributed by atoms with Crippen LogP contribution in [-0.4, -0.2) is 11.6 Å². The smallest absolute Gasteiger partial charge is 0.163 e. The molecular weight excluding hydrogens is 324 g/mol. The van der Waals surface area contributed by atoms with E-state index in [-0.39, 0.29) is 28.3 Å². The van der Waals surface area contributed by atoms with Crippen molar-refractivity contribution in [2.45, 2.75) is 92.4 Å². The molecule has 0 atom stereocenters. The lowest BCUT2D eigenvalue weighted by Crippen LogP contribution is -2.38. The van der Waals surface area contributed by atoms with E-state index in [2.05, 4.69) is 34.6 Å². The van der Waals surface area contributed by atoms with Crippen LogP contribution >= 0.6 is 0 Å². The first-order chi connectivity index (χ1) is 12.1. The van der Waals surface area contributed by atoms with E-state index in [1.54, 1.807) is 0 Å². The van der Waals surface area contributed by atoms with Crippen LogP contribution in [0.3, 0.4) is 0 Å². The second kappa shape index (κ2) is 6.98. The number of carbonyl (C=O) groups excluding carboxylic acids is 2. The summed E-state index contributed by atoms with van der Waals surface area (Å²) in [5.41, 5.74) is 1.53. The van der Waals surface area contributed by atoms with Crippen molar-refractivity contribution in [2.24, 2.45) is 16.7 Å². The summed E-state index contributed by atoms with van der Waals surface area (Å²) in [4.78, 5) is 26.0. The average molecular weight is 359 g/mol. The third-order valence-corrected chi connectivity index (χ3v) is 6.05. The molecule has 2 aliphatic carbocycles. The van der Waals surface area contributed by atoms with Crippen LogP contribution in [0.2, 0.25) is 0 Å². The molecule has 0 aromatic rings. The Labute approximate surface area is 158 Å². The van der Waals surface area contributed by atoms with E-state index in [0.29, 0.717) is 12.8 Å². The highest BCUT2D eigenvalue weighted by Gasteiger charge is 2.46. The third-order valence-electron chi connectivity index (χ3n) is 6.05. The molecule has 0 aromatic carbocycles. The SMILES string of the molecule is CCCCCCC1C2=C(CC(C)(C)CC2=O)OC2=C1C(=O)CC(C)(C)C2. The van der Waals surface area contributed by atoms with Gasteiger partial charge >= 0.3 is 0 Å². The van der Waals surface area contributed by atoms with Crippen LogP contribution in [-0.2, 0) is 14.3 Å². The van der Waals surface area contributed by atoms with Gasteiger partial charge in [0.15, 0.2) is 11.6 Å². The molecule has 0 N–H and O–H groups in total. The highest BCUT2D eigenvalue weighted by Crippen LogP contribution is 2.51. The van der Waals surface area contributed by atoms with Gasteiger partial charge in [0.2, 0.25) is 0 Å². The van der Waals surface area contributed by atoms with Crippen LogP contribution in [0.5, 0.6) is 0 Å². The van der Waals surface area contributed by atoms with Gasteiger partial charge in [-0.05, 0) is 17.3 Å². The van der Waals surface area contributed by atoms with Gasteiger partial charge in [-0.2, -0.15) is 0 Å². The maximum Gasteiger partial charge on any atom is 0.163 e. The molecule has 1 aliphatic heterocycles. The molecule has 0 spiro atoms. The summed E-state index contributed by atoms with van der Waals surface area (Å²) >= 11 is 0. The van der Waals surface area contributed by atoms with E-state index in [1.807, 2.05) is 0 Å². The molecule has 144 valence electrons. The Morgan fingerprint density at radius 2 is 1.31 bits per heavy atom. The Kier molecular flexibility index (Phi) is 5.20. The Morgan fingerprint density at radius 3 is 1.77 bits per heavy atom. The lowest BCUT2D eigenvalue weighted by molar-refractivity contribution is -0.120. The molecule has 26 heavy (non-hydrogen) atoms. The molecule has 0 saturated carbocycles. The predicted octanol–water partition coefficient (Wildman–Crippen LogP) is 5.89. The molecule has 0 radical (unpaired) electrons. The van der Waals surface area contributed by atoms with Gasteiger partial charge in [0.1, 0.15) is 11.5 Å². The molecule has 0 fully saturated rings. The van der Waals surface area contributed by atoms with Gasteiger partial charge in [0.05, 0.1) is 0 Å². The van der Waals surface area contributed by atoms with Crippen LogP contribution < -0.4 is 0 Å². The van der Waals surface area contributed by atoms with Crippen molar-refractivity contribution < 1.29 is 14.3 Å². The van der Waals surface area contributed by atoms with Crippen LogP contribution in [0.15, 0.2) is 22.7 Å². The quantitative estimate of drug-likeness (QED) is 0.576. The number of rotatable bonds is 5. The Morgan fingerprint density at radius 1 is 0.808 bits per heavy atom. The first-order valence-electron chi connectivity index (χ1n) is 10.3. The fraction of sp³-hybridized carbons (Fsp3) is 0.739. The minimum atomic E-state index is -0.0606. The largest absolute Gasteiger partial charge is 0.465 e. The molecule has 3 aliphatic rings. The minimum absolute atomic E-state index is 0.0298. The Hall–Kier alpha value is -1.38. The summed E-state index contributed by atoms with van der Waals surface area (Å²) in [6.45, 7) is 10.7. The van der Waals surface area contributed by atoms with Gasteiger partial charge < -0.3 is 4.74 Å². The van der Waals surface area contributed by atoms with E-state index >= 15 is 0 Å². The Bertz CT molecular complexity index is 624. The predicted molar refractivity (Wildman–Crippen MR) is 103 cm³/mol. The van der Waals surface area contributed by atoms with Gasteiger partial charge in [-0.25, -0.2) is 0 Å². The maximum atomic E-state index is 13.0. The first-order valence-corrected chi connectivity index (χ1v) is 10.3. The van der Waals surface area contributed by atoms with Crippen molar-refractivity contribution >= 4 is 11.6 Å². The highest BCUT2D eigenvalue weighted by molar-refractivity contribution is 6.04. The zero-order valence-corrected chi connectivity index (χ0v) is 17.2.